The fourth-order valence-electron chi connectivity index (χ4n) is 2.77. The van der Waals surface area contributed by atoms with E-state index < -0.39 is 17.0 Å². The molecule has 28 heavy (non-hydrogen) atoms. The van der Waals surface area contributed by atoms with Crippen LogP contribution < -0.4 is 4.90 Å². The van der Waals surface area contributed by atoms with E-state index in [-0.39, 0.29) is 11.3 Å². The highest BCUT2D eigenvalue weighted by Gasteiger charge is 2.33. The van der Waals surface area contributed by atoms with Crippen LogP contribution in [0, 0.1) is 0 Å². The SMILES string of the molecule is CN(C(=O)c1cc2nc(-c3cccs3)cc(C(F)(F)Cl)n2n1)c1ccccc1. The highest BCUT2D eigenvalue weighted by molar-refractivity contribution is 7.13. The first-order valence-corrected chi connectivity index (χ1v) is 9.45. The average molecular weight is 419 g/mol. The Bertz CT molecular complexity index is 1140. The maximum absolute atomic E-state index is 14.0. The van der Waals surface area contributed by atoms with Crippen LogP contribution in [0.3, 0.4) is 0 Å². The van der Waals surface area contributed by atoms with Gasteiger partial charge in [0.25, 0.3) is 5.91 Å². The van der Waals surface area contributed by atoms with Crippen LogP contribution >= 0.6 is 22.9 Å². The van der Waals surface area contributed by atoms with Gasteiger partial charge < -0.3 is 4.90 Å². The lowest BCUT2D eigenvalue weighted by atomic mass is 10.2. The van der Waals surface area contributed by atoms with Crippen molar-refractivity contribution in [3.63, 3.8) is 0 Å². The molecule has 142 valence electrons. The number of amides is 1. The van der Waals surface area contributed by atoms with E-state index in [9.17, 15) is 13.6 Å². The van der Waals surface area contributed by atoms with E-state index in [0.717, 1.165) is 4.52 Å². The molecule has 0 aliphatic rings. The maximum atomic E-state index is 14.0. The van der Waals surface area contributed by atoms with Crippen molar-refractivity contribution in [2.45, 2.75) is 5.38 Å². The Kier molecular flexibility index (Phi) is 4.60. The molecule has 0 N–H and O–H groups in total. The molecule has 0 bridgehead atoms. The van der Waals surface area contributed by atoms with E-state index in [4.69, 9.17) is 11.6 Å². The van der Waals surface area contributed by atoms with Gasteiger partial charge in [-0.15, -0.1) is 11.3 Å². The molecule has 9 heteroatoms. The highest BCUT2D eigenvalue weighted by Crippen LogP contribution is 2.35. The van der Waals surface area contributed by atoms with Gasteiger partial charge in [-0.25, -0.2) is 9.50 Å². The molecule has 0 saturated carbocycles. The summed E-state index contributed by atoms with van der Waals surface area (Å²) in [5.74, 6) is -0.446. The third kappa shape index (κ3) is 3.36. The highest BCUT2D eigenvalue weighted by atomic mass is 35.5. The Morgan fingerprint density at radius 1 is 1.18 bits per heavy atom. The molecule has 0 unspecified atom stereocenters. The number of benzene rings is 1. The van der Waals surface area contributed by atoms with Gasteiger partial charge in [0.2, 0.25) is 0 Å². The van der Waals surface area contributed by atoms with Crippen molar-refractivity contribution in [1.82, 2.24) is 14.6 Å². The molecule has 0 fully saturated rings. The molecule has 3 heterocycles. The number of nitrogens with zero attached hydrogens (tertiary/aromatic N) is 4. The summed E-state index contributed by atoms with van der Waals surface area (Å²) < 4.78 is 29.0. The lowest BCUT2D eigenvalue weighted by molar-refractivity contribution is 0.0868. The van der Waals surface area contributed by atoms with Gasteiger partial charge in [0, 0.05) is 18.8 Å². The number of carbonyl (C=O) groups excluding carboxylic acids is 1. The topological polar surface area (TPSA) is 50.5 Å². The first-order valence-electron chi connectivity index (χ1n) is 8.19. The van der Waals surface area contributed by atoms with Gasteiger partial charge in [0.15, 0.2) is 11.3 Å². The summed E-state index contributed by atoms with van der Waals surface area (Å²) in [6.07, 6.45) is 0. The molecule has 4 aromatic rings. The van der Waals surface area contributed by atoms with Gasteiger partial charge in [0.1, 0.15) is 5.69 Å². The lowest BCUT2D eigenvalue weighted by Gasteiger charge is -2.15. The lowest BCUT2D eigenvalue weighted by Crippen LogP contribution is -2.26. The van der Waals surface area contributed by atoms with Gasteiger partial charge in [-0.2, -0.15) is 13.9 Å². The second kappa shape index (κ2) is 6.96. The minimum absolute atomic E-state index is 0.00986. The fraction of sp³-hybridized carbons (Fsp3) is 0.105. The van der Waals surface area contributed by atoms with Crippen molar-refractivity contribution in [1.29, 1.82) is 0 Å². The van der Waals surface area contributed by atoms with E-state index >= 15 is 0 Å². The molecular weight excluding hydrogens is 406 g/mol. The van der Waals surface area contributed by atoms with Crippen LogP contribution in [0.1, 0.15) is 16.2 Å². The predicted octanol–water partition coefficient (Wildman–Crippen LogP) is 5.02. The van der Waals surface area contributed by atoms with Crippen molar-refractivity contribution in [3.05, 3.63) is 71.4 Å². The first-order chi connectivity index (χ1) is 13.3. The molecular formula is C19H13ClF2N4OS. The molecule has 4 rings (SSSR count). The zero-order valence-electron chi connectivity index (χ0n) is 14.5. The number of anilines is 1. The van der Waals surface area contributed by atoms with Crippen LogP contribution in [0.15, 0.2) is 60.0 Å². The summed E-state index contributed by atoms with van der Waals surface area (Å²) in [5.41, 5.74) is 0.548. The first kappa shape index (κ1) is 18.5. The van der Waals surface area contributed by atoms with Crippen molar-refractivity contribution >= 4 is 40.2 Å². The smallest absolute Gasteiger partial charge is 0.310 e. The van der Waals surface area contributed by atoms with Crippen molar-refractivity contribution in [2.75, 3.05) is 11.9 Å². The largest absolute Gasteiger partial charge is 0.364 e. The summed E-state index contributed by atoms with van der Waals surface area (Å²) in [6.45, 7) is 0. The van der Waals surface area contributed by atoms with Crippen LogP contribution in [0.2, 0.25) is 0 Å². The molecule has 0 aliphatic heterocycles. The van der Waals surface area contributed by atoms with E-state index in [2.05, 4.69) is 10.1 Å². The maximum Gasteiger partial charge on any atom is 0.364 e. The standard InChI is InChI=1S/C19H13ClF2N4OS/c1-25(12-6-3-2-4-7-12)18(27)14-11-17-23-13(15-8-5-9-28-15)10-16(19(20,21)22)26(17)24-14/h2-11H,1H3. The number of rotatable bonds is 4. The van der Waals surface area contributed by atoms with Gasteiger partial charge in [-0.05, 0) is 41.2 Å². The van der Waals surface area contributed by atoms with Crippen LogP contribution in [0.4, 0.5) is 14.5 Å². The molecule has 1 amide bonds. The van der Waals surface area contributed by atoms with Crippen LogP contribution in [0.5, 0.6) is 0 Å². The molecule has 0 radical (unpaired) electrons. The summed E-state index contributed by atoms with van der Waals surface area (Å²) in [6, 6.07) is 15.1. The predicted molar refractivity (Wildman–Crippen MR) is 105 cm³/mol. The minimum atomic E-state index is -3.68. The Balaban J connectivity index is 1.83. The average Bonchev–Trinajstić information content (AvgIpc) is 3.35. The molecule has 1 aromatic carbocycles. The number of hydrogen-bond acceptors (Lipinski definition) is 4. The Labute approximate surface area is 167 Å². The van der Waals surface area contributed by atoms with E-state index in [0.29, 0.717) is 16.3 Å². The van der Waals surface area contributed by atoms with Gasteiger partial charge in [0.05, 0.1) is 10.6 Å². The minimum Gasteiger partial charge on any atom is -0.310 e. The summed E-state index contributed by atoms with van der Waals surface area (Å²) in [7, 11) is 1.59. The Hall–Kier alpha value is -2.84. The van der Waals surface area contributed by atoms with Crippen LogP contribution in [0.25, 0.3) is 16.2 Å². The van der Waals surface area contributed by atoms with E-state index in [1.807, 2.05) is 11.4 Å². The molecule has 0 aliphatic carbocycles. The molecule has 0 spiro atoms. The number of para-hydroxylation sites is 1. The van der Waals surface area contributed by atoms with Gasteiger partial charge in [-0.1, -0.05) is 24.3 Å². The molecule has 0 saturated heterocycles. The zero-order valence-corrected chi connectivity index (χ0v) is 16.1. The van der Waals surface area contributed by atoms with Crippen molar-refractivity contribution in [3.8, 4) is 10.6 Å². The number of halogens is 3. The second-order valence-corrected chi connectivity index (χ2v) is 7.42. The molecule has 5 nitrogen and oxygen atoms in total. The van der Waals surface area contributed by atoms with Crippen molar-refractivity contribution in [2.24, 2.45) is 0 Å². The number of carbonyl (C=O) groups is 1. The Morgan fingerprint density at radius 2 is 1.93 bits per heavy atom. The number of fused-ring (bicyclic) bond motifs is 1. The summed E-state index contributed by atoms with van der Waals surface area (Å²) in [4.78, 5) is 19.3. The normalized spacial score (nSPS) is 11.7. The third-order valence-electron chi connectivity index (χ3n) is 4.16. The summed E-state index contributed by atoms with van der Waals surface area (Å²) >= 11 is 6.67. The van der Waals surface area contributed by atoms with Gasteiger partial charge in [-0.3, -0.25) is 4.79 Å². The van der Waals surface area contributed by atoms with Crippen LogP contribution in [-0.2, 0) is 5.38 Å². The number of aromatic nitrogens is 3. The fourth-order valence-corrected chi connectivity index (χ4v) is 3.59. The van der Waals surface area contributed by atoms with E-state index in [1.165, 1.54) is 28.4 Å². The summed E-state index contributed by atoms with van der Waals surface area (Å²) in [5, 5.41) is 2.19. The van der Waals surface area contributed by atoms with Gasteiger partial charge >= 0.3 is 5.38 Å². The zero-order chi connectivity index (χ0) is 19.9. The molecule has 3 aromatic heterocycles. The number of alkyl halides is 3. The number of thiophene rings is 1. The molecule has 0 atom stereocenters. The quantitative estimate of drug-likeness (QED) is 0.437. The van der Waals surface area contributed by atoms with E-state index in [1.54, 1.807) is 43.4 Å². The second-order valence-electron chi connectivity index (χ2n) is 6.00. The third-order valence-corrected chi connectivity index (χ3v) is 5.24. The van der Waals surface area contributed by atoms with Crippen LogP contribution in [-0.4, -0.2) is 27.6 Å². The monoisotopic (exact) mass is 418 g/mol. The van der Waals surface area contributed by atoms with Crippen molar-refractivity contribution < 1.29 is 13.6 Å². The number of hydrogen-bond donors (Lipinski definition) is 0. The Morgan fingerprint density at radius 3 is 2.57 bits per heavy atom.